The number of hydrogen-bond donors (Lipinski definition) is 2. The number of hydrogen-bond acceptors (Lipinski definition) is 3. The Balaban J connectivity index is 1.26. The number of allylic oxidation sites excluding steroid dienone is 9. The average molecular weight is 642 g/mol. The number of anilines is 1. The monoisotopic (exact) mass is 641 g/mol. The van der Waals surface area contributed by atoms with Crippen LogP contribution in [0, 0.1) is 0 Å². The zero-order chi connectivity index (χ0) is 32.9. The molecule has 4 aromatic rings. The van der Waals surface area contributed by atoms with Crippen molar-refractivity contribution < 1.29 is 10.2 Å². The third-order valence-electron chi connectivity index (χ3n) is 10.7. The van der Waals surface area contributed by atoms with E-state index in [1.54, 1.807) is 0 Å². The topological polar surface area (TPSA) is 43.7 Å². The first kappa shape index (κ1) is 31.7. The first-order chi connectivity index (χ1) is 22.7. The maximum absolute atomic E-state index is 10.1. The van der Waals surface area contributed by atoms with E-state index in [1.807, 2.05) is 0 Å². The minimum absolute atomic E-state index is 0.0794. The highest BCUT2D eigenvalue weighted by Gasteiger charge is 2.41. The third-order valence-corrected chi connectivity index (χ3v) is 11.2. The molecule has 7 rings (SSSR count). The molecule has 4 aromatic carbocycles. The summed E-state index contributed by atoms with van der Waals surface area (Å²) in [6, 6.07) is 26.0. The Morgan fingerprint density at radius 3 is 2.13 bits per heavy atom. The molecule has 240 valence electrons. The van der Waals surface area contributed by atoms with Gasteiger partial charge in [0.05, 0.1) is 6.61 Å². The van der Waals surface area contributed by atoms with Gasteiger partial charge in [-0.3, -0.25) is 0 Å². The minimum atomic E-state index is -0.237. The van der Waals surface area contributed by atoms with Crippen LogP contribution in [0.1, 0.15) is 70.1 Å². The van der Waals surface area contributed by atoms with Crippen molar-refractivity contribution in [2.75, 3.05) is 24.7 Å². The zero-order valence-corrected chi connectivity index (χ0v) is 28.7. The fourth-order valence-corrected chi connectivity index (χ4v) is 8.81. The van der Waals surface area contributed by atoms with Crippen LogP contribution in [0.25, 0.3) is 27.1 Å². The molecule has 2 aliphatic carbocycles. The summed E-state index contributed by atoms with van der Waals surface area (Å²) in [4.78, 5) is 2.28. The molecule has 1 heterocycles. The van der Waals surface area contributed by atoms with Crippen LogP contribution >= 0.6 is 11.6 Å². The lowest BCUT2D eigenvalue weighted by atomic mass is 9.78. The van der Waals surface area contributed by atoms with Crippen LogP contribution in [0.15, 0.2) is 125 Å². The van der Waals surface area contributed by atoms with E-state index in [2.05, 4.69) is 130 Å². The van der Waals surface area contributed by atoms with Gasteiger partial charge in [0.25, 0.3) is 0 Å². The number of aliphatic hydroxyl groups excluding tert-OH is 2. The van der Waals surface area contributed by atoms with Crippen molar-refractivity contribution in [3.63, 3.8) is 0 Å². The zero-order valence-electron chi connectivity index (χ0n) is 27.9. The molecule has 3 nitrogen and oxygen atoms in total. The Bertz CT molecular complexity index is 2060. The molecule has 0 bridgehead atoms. The van der Waals surface area contributed by atoms with E-state index in [-0.39, 0.29) is 24.0 Å². The summed E-state index contributed by atoms with van der Waals surface area (Å²) >= 11 is 7.21. The lowest BCUT2D eigenvalue weighted by molar-refractivity contribution is 0.304. The Labute approximate surface area is 283 Å². The molecule has 0 unspecified atom stereocenters. The second kappa shape index (κ2) is 12.3. The number of β-amino-alcohol motifs (C(OH)–C–C–N with tert-alkyl or cyclic N) is 1. The second-order valence-electron chi connectivity index (χ2n) is 14.2. The molecule has 1 aliphatic heterocycles. The molecule has 0 saturated heterocycles. The van der Waals surface area contributed by atoms with Gasteiger partial charge in [-0.05, 0) is 98.4 Å². The minimum Gasteiger partial charge on any atom is -0.396 e. The van der Waals surface area contributed by atoms with Crippen molar-refractivity contribution >= 4 is 44.4 Å². The predicted octanol–water partition coefficient (Wildman–Crippen LogP) is 10.3. The Morgan fingerprint density at radius 1 is 0.745 bits per heavy atom. The van der Waals surface area contributed by atoms with Gasteiger partial charge in [0.2, 0.25) is 0 Å². The van der Waals surface area contributed by atoms with Crippen LogP contribution < -0.4 is 4.90 Å². The van der Waals surface area contributed by atoms with Crippen LogP contribution in [-0.4, -0.2) is 30.0 Å². The number of benzene rings is 4. The van der Waals surface area contributed by atoms with E-state index in [4.69, 9.17) is 11.6 Å². The largest absolute Gasteiger partial charge is 0.396 e. The van der Waals surface area contributed by atoms with Gasteiger partial charge in [-0.15, -0.1) is 0 Å². The maximum Gasteiger partial charge on any atom is 0.0610 e. The molecule has 47 heavy (non-hydrogen) atoms. The third kappa shape index (κ3) is 5.20. The van der Waals surface area contributed by atoms with E-state index in [9.17, 15) is 10.2 Å². The Morgan fingerprint density at radius 2 is 1.43 bits per heavy atom. The van der Waals surface area contributed by atoms with Crippen molar-refractivity contribution in [1.82, 2.24) is 0 Å². The van der Waals surface area contributed by atoms with Crippen molar-refractivity contribution in [2.45, 2.75) is 64.2 Å². The van der Waals surface area contributed by atoms with Crippen LogP contribution in [-0.2, 0) is 10.8 Å². The fraction of sp³-hybridized carbons (Fsp3) is 0.302. The standard InChI is InChI=1S/C43H44ClNO2/c1-42(2)36(34(24-26-46)35-20-16-28-10-5-7-14-32(28)39(35)42)21-17-30-12-9-13-31(41(30)44)19-23-38-43(3,4)40-33-15-8-6-11-29(33)18-22-37(40)45(38)25-27-47/h5-8,10-11,14-23,46-47H,9,12-13,24-27H2,1-4H3/b21-17+,31-19+,38-23+. The molecule has 0 fully saturated rings. The van der Waals surface area contributed by atoms with E-state index in [0.717, 1.165) is 35.4 Å². The highest BCUT2D eigenvalue weighted by atomic mass is 35.5. The summed E-state index contributed by atoms with van der Waals surface area (Å²) in [6.45, 7) is 9.92. The quantitative estimate of drug-likeness (QED) is 0.211. The molecule has 2 N–H and O–H groups in total. The number of fused-ring (bicyclic) bond motifs is 6. The van der Waals surface area contributed by atoms with Gasteiger partial charge in [-0.2, -0.15) is 0 Å². The highest BCUT2D eigenvalue weighted by Crippen LogP contribution is 2.52. The maximum atomic E-state index is 10.1. The fourth-order valence-electron chi connectivity index (χ4n) is 8.49. The predicted molar refractivity (Wildman–Crippen MR) is 199 cm³/mol. The molecule has 0 saturated carbocycles. The van der Waals surface area contributed by atoms with E-state index < -0.39 is 0 Å². The average Bonchev–Trinajstić information content (AvgIpc) is 3.42. The van der Waals surface area contributed by atoms with Crippen molar-refractivity contribution in [2.24, 2.45) is 0 Å². The Kier molecular flexibility index (Phi) is 8.29. The van der Waals surface area contributed by atoms with Gasteiger partial charge in [0, 0.05) is 40.4 Å². The first-order valence-corrected chi connectivity index (χ1v) is 17.3. The number of nitrogens with zero attached hydrogens (tertiary/aromatic N) is 1. The van der Waals surface area contributed by atoms with Crippen LogP contribution in [0.4, 0.5) is 5.69 Å². The van der Waals surface area contributed by atoms with Gasteiger partial charge < -0.3 is 15.1 Å². The molecular weight excluding hydrogens is 598 g/mol. The summed E-state index contributed by atoms with van der Waals surface area (Å²) in [5, 5.41) is 26.0. The normalized spacial score (nSPS) is 20.4. The van der Waals surface area contributed by atoms with Crippen molar-refractivity contribution in [3.8, 4) is 0 Å². The number of rotatable bonds is 7. The molecule has 0 atom stereocenters. The molecule has 0 radical (unpaired) electrons. The highest BCUT2D eigenvalue weighted by molar-refractivity contribution is 6.32. The lowest BCUT2D eigenvalue weighted by Crippen LogP contribution is -2.28. The van der Waals surface area contributed by atoms with Gasteiger partial charge in [-0.25, -0.2) is 0 Å². The number of aliphatic hydroxyl groups is 2. The first-order valence-electron chi connectivity index (χ1n) is 16.9. The summed E-state index contributed by atoms with van der Waals surface area (Å²) < 4.78 is 0. The molecule has 3 aliphatic rings. The van der Waals surface area contributed by atoms with Gasteiger partial charge in [0.1, 0.15) is 0 Å². The Hall–Kier alpha value is -3.89. The van der Waals surface area contributed by atoms with E-state index in [0.29, 0.717) is 13.0 Å². The second-order valence-corrected chi connectivity index (χ2v) is 14.5. The summed E-state index contributed by atoms with van der Waals surface area (Å²) in [5.74, 6) is 0. The molecule has 0 spiro atoms. The van der Waals surface area contributed by atoms with E-state index >= 15 is 0 Å². The van der Waals surface area contributed by atoms with Crippen LogP contribution in [0.2, 0.25) is 0 Å². The van der Waals surface area contributed by atoms with Gasteiger partial charge >= 0.3 is 0 Å². The van der Waals surface area contributed by atoms with Crippen molar-refractivity contribution in [3.05, 3.63) is 141 Å². The molecule has 0 amide bonds. The lowest BCUT2D eigenvalue weighted by Gasteiger charge is -2.27. The van der Waals surface area contributed by atoms with Gasteiger partial charge in [0.15, 0.2) is 0 Å². The molecule has 0 aromatic heterocycles. The van der Waals surface area contributed by atoms with Crippen LogP contribution in [0.3, 0.4) is 0 Å². The smallest absolute Gasteiger partial charge is 0.0610 e. The summed E-state index contributed by atoms with van der Waals surface area (Å²) in [7, 11) is 0. The van der Waals surface area contributed by atoms with Crippen molar-refractivity contribution in [1.29, 1.82) is 0 Å². The SMILES string of the molecule is CC1(C)C(/C=C/C2=C(Cl)C(=C/C=C3/N(CCO)c4ccc5ccccc5c4C3(C)C)/CCC2)=C(CCO)c2ccc3ccccc3c21. The molecule has 4 heteroatoms. The molecular formula is C43H44ClNO2. The van der Waals surface area contributed by atoms with Gasteiger partial charge in [-0.1, -0.05) is 124 Å². The summed E-state index contributed by atoms with van der Waals surface area (Å²) in [5.41, 5.74) is 10.6. The van der Waals surface area contributed by atoms with Crippen LogP contribution in [0.5, 0.6) is 0 Å². The van der Waals surface area contributed by atoms with E-state index in [1.165, 1.54) is 60.8 Å². The number of halogens is 1. The summed E-state index contributed by atoms with van der Waals surface area (Å²) in [6.07, 6.45) is 12.5.